The number of anilines is 1. The van der Waals surface area contributed by atoms with Gasteiger partial charge in [-0.15, -0.1) is 0 Å². The van der Waals surface area contributed by atoms with Crippen molar-refractivity contribution in [3.05, 3.63) is 57.6 Å². The number of benzene rings is 2. The first-order valence-corrected chi connectivity index (χ1v) is 7.58. The van der Waals surface area contributed by atoms with Crippen LogP contribution in [-0.4, -0.2) is 23.6 Å². The number of hydrogen-bond acceptors (Lipinski definition) is 4. The summed E-state index contributed by atoms with van der Waals surface area (Å²) in [5.41, 5.74) is 6.33. The number of amides is 1. The summed E-state index contributed by atoms with van der Waals surface area (Å²) < 4.78 is 5.33. The van der Waals surface area contributed by atoms with E-state index in [4.69, 9.17) is 38.8 Å². The Hall–Kier alpha value is -2.44. The number of carbonyl (C=O) groups excluding carboxylic acids is 1. The lowest BCUT2D eigenvalue weighted by atomic mass is 10.1. The second kappa shape index (κ2) is 7.90. The van der Waals surface area contributed by atoms with Crippen molar-refractivity contribution in [2.24, 2.45) is 5.73 Å². The summed E-state index contributed by atoms with van der Waals surface area (Å²) in [4.78, 5) is 22.0. The number of hydrogen-bond donors (Lipinski definition) is 3. The minimum atomic E-state index is -1.11. The average molecular weight is 369 g/mol. The zero-order chi connectivity index (χ0) is 17.7. The summed E-state index contributed by atoms with van der Waals surface area (Å²) in [5.74, 6) is -1.25. The van der Waals surface area contributed by atoms with Crippen LogP contribution in [0.3, 0.4) is 0 Å². The van der Waals surface area contributed by atoms with Gasteiger partial charge in [0.25, 0.3) is 5.91 Å². The van der Waals surface area contributed by atoms with Crippen LogP contribution in [-0.2, 0) is 11.3 Å². The molecular formula is C16H14Cl2N2O4. The highest BCUT2D eigenvalue weighted by Crippen LogP contribution is 2.25. The molecule has 0 aromatic heterocycles. The molecule has 0 fully saturated rings. The maximum Gasteiger partial charge on any atom is 0.337 e. The average Bonchev–Trinajstić information content (AvgIpc) is 2.52. The topological polar surface area (TPSA) is 102 Å². The van der Waals surface area contributed by atoms with E-state index in [1.165, 1.54) is 12.1 Å². The lowest BCUT2D eigenvalue weighted by molar-refractivity contribution is -0.119. The molecule has 24 heavy (non-hydrogen) atoms. The molecule has 0 heterocycles. The number of ether oxygens (including phenoxy) is 1. The smallest absolute Gasteiger partial charge is 0.337 e. The van der Waals surface area contributed by atoms with Gasteiger partial charge >= 0.3 is 5.97 Å². The summed E-state index contributed by atoms with van der Waals surface area (Å²) in [7, 11) is 0. The van der Waals surface area contributed by atoms with Crippen LogP contribution in [0.15, 0.2) is 36.4 Å². The highest BCUT2D eigenvalue weighted by Gasteiger charge is 2.10. The molecule has 0 unspecified atom stereocenters. The second-order valence-electron chi connectivity index (χ2n) is 4.86. The number of nitrogens with two attached hydrogens (primary N) is 1. The third kappa shape index (κ3) is 4.78. The molecule has 0 bridgehead atoms. The molecule has 0 radical (unpaired) electrons. The Morgan fingerprint density at radius 1 is 1.17 bits per heavy atom. The van der Waals surface area contributed by atoms with Crippen molar-refractivity contribution in [1.29, 1.82) is 0 Å². The molecule has 2 aromatic carbocycles. The third-order valence-electron chi connectivity index (χ3n) is 3.07. The van der Waals surface area contributed by atoms with Gasteiger partial charge in [-0.25, -0.2) is 4.79 Å². The fraction of sp³-hybridized carbons (Fsp3) is 0.125. The monoisotopic (exact) mass is 368 g/mol. The molecule has 0 atom stereocenters. The number of nitrogens with one attached hydrogen (secondary N) is 1. The standard InChI is InChI=1S/C16H14Cl2N2O4/c17-10-1-4-14(24-8-15(19)21)9(5-10)7-20-11-2-3-13(18)12(6-11)16(22)23/h1-6,20H,7-8H2,(H2,19,21)(H,22,23). The third-order valence-corrected chi connectivity index (χ3v) is 3.64. The lowest BCUT2D eigenvalue weighted by Gasteiger charge is -2.13. The number of primary amides is 1. The van der Waals surface area contributed by atoms with Crippen molar-refractivity contribution in [2.75, 3.05) is 11.9 Å². The van der Waals surface area contributed by atoms with E-state index in [1.54, 1.807) is 24.3 Å². The van der Waals surface area contributed by atoms with Gasteiger partial charge in [0.1, 0.15) is 5.75 Å². The van der Waals surface area contributed by atoms with Crippen molar-refractivity contribution in [1.82, 2.24) is 0 Å². The minimum Gasteiger partial charge on any atom is -0.483 e. The molecule has 8 heteroatoms. The van der Waals surface area contributed by atoms with Gasteiger partial charge in [-0.2, -0.15) is 0 Å². The van der Waals surface area contributed by atoms with E-state index in [-0.39, 0.29) is 17.2 Å². The van der Waals surface area contributed by atoms with E-state index < -0.39 is 11.9 Å². The molecule has 0 aliphatic rings. The maximum atomic E-state index is 11.1. The van der Waals surface area contributed by atoms with Gasteiger partial charge in [0.05, 0.1) is 10.6 Å². The predicted molar refractivity (Wildman–Crippen MR) is 91.9 cm³/mol. The van der Waals surface area contributed by atoms with E-state index in [1.807, 2.05) is 0 Å². The van der Waals surface area contributed by atoms with Crippen LogP contribution in [0.5, 0.6) is 5.75 Å². The summed E-state index contributed by atoms with van der Waals surface area (Å²) in [6.07, 6.45) is 0. The summed E-state index contributed by atoms with van der Waals surface area (Å²) >= 11 is 11.8. The second-order valence-corrected chi connectivity index (χ2v) is 5.70. The lowest BCUT2D eigenvalue weighted by Crippen LogP contribution is -2.20. The molecule has 0 aliphatic heterocycles. The molecule has 4 N–H and O–H groups in total. The Morgan fingerprint density at radius 2 is 1.92 bits per heavy atom. The first-order valence-electron chi connectivity index (χ1n) is 6.83. The summed E-state index contributed by atoms with van der Waals surface area (Å²) in [5, 5.41) is 12.8. The van der Waals surface area contributed by atoms with Crippen LogP contribution in [0.1, 0.15) is 15.9 Å². The zero-order valence-electron chi connectivity index (χ0n) is 12.4. The van der Waals surface area contributed by atoms with Crippen molar-refractivity contribution in [2.45, 2.75) is 6.54 Å². The highest BCUT2D eigenvalue weighted by atomic mass is 35.5. The fourth-order valence-corrected chi connectivity index (χ4v) is 2.37. The molecule has 0 saturated heterocycles. The Balaban J connectivity index is 2.16. The first-order chi connectivity index (χ1) is 11.4. The molecule has 2 aromatic rings. The maximum absolute atomic E-state index is 11.1. The Bertz CT molecular complexity index is 781. The van der Waals surface area contributed by atoms with Gasteiger partial charge in [0.2, 0.25) is 0 Å². The van der Waals surface area contributed by atoms with Gasteiger partial charge < -0.3 is 20.9 Å². The van der Waals surface area contributed by atoms with Crippen molar-refractivity contribution in [3.8, 4) is 5.75 Å². The quantitative estimate of drug-likeness (QED) is 0.696. The van der Waals surface area contributed by atoms with Gasteiger partial charge in [-0.3, -0.25) is 4.79 Å². The summed E-state index contributed by atoms with van der Waals surface area (Å²) in [6.45, 7) is 0.0497. The Labute approximate surface area is 148 Å². The summed E-state index contributed by atoms with van der Waals surface area (Å²) in [6, 6.07) is 9.52. The van der Waals surface area contributed by atoms with Gasteiger partial charge in [-0.05, 0) is 36.4 Å². The van der Waals surface area contributed by atoms with Crippen molar-refractivity contribution in [3.63, 3.8) is 0 Å². The number of rotatable bonds is 7. The predicted octanol–water partition coefficient (Wildman–Crippen LogP) is 3.17. The number of aromatic carboxylic acids is 1. The van der Waals surface area contributed by atoms with Gasteiger partial charge in [-0.1, -0.05) is 23.2 Å². The Kier molecular flexibility index (Phi) is 5.89. The number of carboxylic acid groups (broad SMARTS) is 1. The van der Waals surface area contributed by atoms with Crippen LogP contribution >= 0.6 is 23.2 Å². The number of halogens is 2. The van der Waals surface area contributed by atoms with Crippen molar-refractivity contribution < 1.29 is 19.4 Å². The van der Waals surface area contributed by atoms with Crippen LogP contribution in [0.2, 0.25) is 10.0 Å². The number of carboxylic acids is 1. The van der Waals surface area contributed by atoms with E-state index in [9.17, 15) is 9.59 Å². The van der Waals surface area contributed by atoms with Gasteiger partial charge in [0.15, 0.2) is 6.61 Å². The van der Waals surface area contributed by atoms with Crippen LogP contribution < -0.4 is 15.8 Å². The van der Waals surface area contributed by atoms with E-state index >= 15 is 0 Å². The molecule has 0 saturated carbocycles. The number of carbonyl (C=O) groups is 2. The minimum absolute atomic E-state index is 0.00189. The van der Waals surface area contributed by atoms with Crippen LogP contribution in [0, 0.1) is 0 Å². The molecule has 6 nitrogen and oxygen atoms in total. The van der Waals surface area contributed by atoms with Crippen LogP contribution in [0.4, 0.5) is 5.69 Å². The van der Waals surface area contributed by atoms with E-state index in [0.29, 0.717) is 28.6 Å². The van der Waals surface area contributed by atoms with Crippen LogP contribution in [0.25, 0.3) is 0 Å². The molecule has 0 spiro atoms. The molecule has 126 valence electrons. The SMILES string of the molecule is NC(=O)COc1ccc(Cl)cc1CNc1ccc(Cl)c(C(=O)O)c1. The fourth-order valence-electron chi connectivity index (χ4n) is 1.97. The molecule has 1 amide bonds. The zero-order valence-corrected chi connectivity index (χ0v) is 13.9. The highest BCUT2D eigenvalue weighted by molar-refractivity contribution is 6.33. The Morgan fingerprint density at radius 3 is 2.58 bits per heavy atom. The van der Waals surface area contributed by atoms with E-state index in [0.717, 1.165) is 0 Å². The van der Waals surface area contributed by atoms with E-state index in [2.05, 4.69) is 5.32 Å². The molecule has 2 rings (SSSR count). The van der Waals surface area contributed by atoms with Gasteiger partial charge in [0, 0.05) is 22.8 Å². The molecule has 0 aliphatic carbocycles. The first kappa shape index (κ1) is 17.9. The normalized spacial score (nSPS) is 10.2. The molecular weight excluding hydrogens is 355 g/mol. The largest absolute Gasteiger partial charge is 0.483 e. The van der Waals surface area contributed by atoms with Crippen molar-refractivity contribution >= 4 is 40.8 Å².